The number of halogens is 6. The Morgan fingerprint density at radius 2 is 1.06 bits per heavy atom. The van der Waals surface area contributed by atoms with E-state index in [-0.39, 0.29) is 11.5 Å². The highest BCUT2D eigenvalue weighted by Crippen LogP contribution is 2.29. The topological polar surface area (TPSA) is 78.2 Å². The smallest absolute Gasteiger partial charge is 0.484 e. The Morgan fingerprint density at radius 1 is 0.647 bits per heavy atom. The van der Waals surface area contributed by atoms with Crippen molar-refractivity contribution in [1.29, 1.82) is 0 Å². The summed E-state index contributed by atoms with van der Waals surface area (Å²) in [5, 5.41) is 16.1. The molecule has 0 spiro atoms. The number of aromatic nitrogens is 4. The summed E-state index contributed by atoms with van der Waals surface area (Å²) in [7, 11) is 0. The number of alkyl halides is 6. The summed E-state index contributed by atoms with van der Waals surface area (Å²) in [6.07, 6.45) is -3.28. The average molecular weight is 721 g/mol. The van der Waals surface area contributed by atoms with Crippen LogP contribution >= 0.6 is 0 Å². The molecule has 0 aliphatic carbocycles. The predicted molar refractivity (Wildman–Crippen MR) is 182 cm³/mol. The van der Waals surface area contributed by atoms with E-state index in [2.05, 4.69) is 51.1 Å². The molecule has 2 N–H and O–H groups in total. The van der Waals surface area contributed by atoms with Crippen molar-refractivity contribution in [3.63, 3.8) is 0 Å². The monoisotopic (exact) mass is 720 g/mol. The lowest BCUT2D eigenvalue weighted by molar-refractivity contribution is -0.274. The lowest BCUT2D eigenvalue weighted by atomic mass is 9.94. The summed E-state index contributed by atoms with van der Waals surface area (Å²) >= 11 is 0. The van der Waals surface area contributed by atoms with Gasteiger partial charge in [-0.15, -0.1) is 13.2 Å². The molecule has 278 valence electrons. The predicted octanol–water partition coefficient (Wildman–Crippen LogP) is 7.76. The van der Waals surface area contributed by atoms with Crippen molar-refractivity contribution in [3.05, 3.63) is 94.6 Å². The van der Waals surface area contributed by atoms with Gasteiger partial charge in [0.1, 0.15) is 11.5 Å². The lowest BCUT2D eigenvalue weighted by Gasteiger charge is -2.23. The van der Waals surface area contributed by atoms with Crippen molar-refractivity contribution in [3.8, 4) is 11.5 Å². The molecule has 2 saturated heterocycles. The largest absolute Gasteiger partial charge is 0.573 e. The number of hydrogen-bond acceptors (Lipinski definition) is 6. The number of ether oxygens (including phenoxy) is 2. The maximum absolute atomic E-state index is 12.2. The van der Waals surface area contributed by atoms with E-state index >= 15 is 0 Å². The second-order valence-corrected chi connectivity index (χ2v) is 12.9. The van der Waals surface area contributed by atoms with Crippen LogP contribution in [0.3, 0.4) is 0 Å². The van der Waals surface area contributed by atoms with Crippen LogP contribution in [0, 0.1) is 0 Å². The summed E-state index contributed by atoms with van der Waals surface area (Å²) in [5.74, 6) is 1.08. The van der Waals surface area contributed by atoms with Crippen LogP contribution in [0.1, 0.15) is 85.3 Å². The molecule has 0 amide bonds. The van der Waals surface area contributed by atoms with Crippen LogP contribution in [0.25, 0.3) is 0 Å². The van der Waals surface area contributed by atoms with Crippen molar-refractivity contribution >= 4 is 0 Å². The number of nitrogens with zero attached hydrogens (tertiary/aromatic N) is 4. The Kier molecular flexibility index (Phi) is 13.1. The number of aryl methyl sites for hydroxylation is 2. The Balaban J connectivity index is 0.000000198. The van der Waals surface area contributed by atoms with Gasteiger partial charge in [0.15, 0.2) is 6.61 Å². The Morgan fingerprint density at radius 3 is 1.43 bits per heavy atom. The first-order chi connectivity index (χ1) is 24.4. The molecular weight excluding hydrogens is 674 g/mol. The van der Waals surface area contributed by atoms with Gasteiger partial charge in [0.25, 0.3) is 0 Å². The Labute approximate surface area is 294 Å². The molecule has 8 nitrogen and oxygen atoms in total. The third kappa shape index (κ3) is 11.7. The van der Waals surface area contributed by atoms with Gasteiger partial charge in [0, 0.05) is 49.2 Å². The zero-order valence-corrected chi connectivity index (χ0v) is 29.0. The number of benzene rings is 2. The van der Waals surface area contributed by atoms with E-state index in [1.54, 1.807) is 36.4 Å². The van der Waals surface area contributed by atoms with Gasteiger partial charge in [-0.25, -0.2) is 0 Å². The molecule has 0 atom stereocenters. The molecule has 2 fully saturated rings. The first-order valence-electron chi connectivity index (χ1n) is 17.6. The Bertz CT molecular complexity index is 1640. The molecule has 2 aromatic carbocycles. The third-order valence-electron chi connectivity index (χ3n) is 9.09. The first kappa shape index (κ1) is 38.2. The van der Waals surface area contributed by atoms with Gasteiger partial charge in [-0.2, -0.15) is 23.4 Å². The van der Waals surface area contributed by atoms with Crippen LogP contribution in [-0.2, 0) is 25.9 Å². The highest BCUT2D eigenvalue weighted by Gasteiger charge is 2.31. The van der Waals surface area contributed by atoms with E-state index in [9.17, 15) is 26.3 Å². The van der Waals surface area contributed by atoms with E-state index in [1.165, 1.54) is 23.5 Å². The van der Waals surface area contributed by atoms with Gasteiger partial charge in [-0.1, -0.05) is 24.3 Å². The minimum atomic E-state index is -4.66. The van der Waals surface area contributed by atoms with E-state index in [4.69, 9.17) is 9.84 Å². The quantitative estimate of drug-likeness (QED) is 0.154. The molecular formula is C37H46F6N6O2. The number of nitrogens with one attached hydrogen (secondary N) is 2. The van der Waals surface area contributed by atoms with Crippen molar-refractivity contribution in [2.75, 3.05) is 32.8 Å². The first-order valence-corrected chi connectivity index (χ1v) is 17.6. The molecule has 0 bridgehead atoms. The Hall–Kier alpha value is -4.04. The van der Waals surface area contributed by atoms with Gasteiger partial charge < -0.3 is 20.1 Å². The molecule has 51 heavy (non-hydrogen) atoms. The van der Waals surface area contributed by atoms with Crippen molar-refractivity contribution in [1.82, 2.24) is 30.2 Å². The van der Waals surface area contributed by atoms with E-state index in [0.717, 1.165) is 87.5 Å². The molecule has 2 aromatic heterocycles. The van der Waals surface area contributed by atoms with Gasteiger partial charge in [-0.05, 0) is 113 Å². The van der Waals surface area contributed by atoms with E-state index in [0.29, 0.717) is 24.7 Å². The summed E-state index contributed by atoms with van der Waals surface area (Å²) in [6, 6.07) is 17.0. The van der Waals surface area contributed by atoms with Crippen LogP contribution < -0.4 is 20.1 Å². The molecule has 4 heterocycles. The molecule has 6 rings (SSSR count). The van der Waals surface area contributed by atoms with E-state index in [1.807, 2.05) is 4.68 Å². The maximum Gasteiger partial charge on any atom is 0.573 e. The minimum absolute atomic E-state index is 0.203. The molecule has 14 heteroatoms. The zero-order valence-electron chi connectivity index (χ0n) is 29.0. The van der Waals surface area contributed by atoms with Crippen molar-refractivity contribution < 1.29 is 35.8 Å². The fourth-order valence-corrected chi connectivity index (χ4v) is 6.64. The van der Waals surface area contributed by atoms with Gasteiger partial charge in [0.2, 0.25) is 0 Å². The number of rotatable bonds is 11. The molecule has 0 unspecified atom stereocenters. The summed E-state index contributed by atoms with van der Waals surface area (Å²) in [5.41, 5.74) is 6.39. The van der Waals surface area contributed by atoms with E-state index < -0.39 is 19.1 Å². The van der Waals surface area contributed by atoms with Crippen LogP contribution in [0.15, 0.2) is 60.7 Å². The molecule has 2 aliphatic heterocycles. The van der Waals surface area contributed by atoms with Crippen LogP contribution in [0.4, 0.5) is 26.3 Å². The van der Waals surface area contributed by atoms with Crippen LogP contribution in [0.2, 0.25) is 0 Å². The second kappa shape index (κ2) is 17.5. The SMILES string of the molecule is CCn1nc(Cc2ccc(OC(F)(F)F)cc2)cc1C1CCNCC1.CCn1nc(Cc2ccc(OCC(F)(F)F)cc2)cc1C1CCNCC1. The second-order valence-electron chi connectivity index (χ2n) is 12.9. The van der Waals surface area contributed by atoms with Gasteiger partial charge in [-0.3, -0.25) is 9.36 Å². The fraction of sp³-hybridized carbons (Fsp3) is 0.514. The molecule has 0 saturated carbocycles. The standard InChI is InChI=1S/C19H24F3N3O.C18H22F3N3O/c1-2-25-18(15-7-9-23-10-8-15)12-16(24-25)11-14-3-5-17(6-4-14)26-13-19(20,21)22;1-2-24-17(14-7-9-22-10-8-14)12-15(23-24)11-13-3-5-16(6-4-13)25-18(19,20)21/h3-6,12,15,23H,2,7-11,13H2,1H3;3-6,12,14,22H,2,7-11H2,1H3. The summed E-state index contributed by atoms with van der Waals surface area (Å²) in [6.45, 7) is 8.67. The fourth-order valence-electron chi connectivity index (χ4n) is 6.64. The van der Waals surface area contributed by atoms with Crippen LogP contribution in [0.5, 0.6) is 11.5 Å². The van der Waals surface area contributed by atoms with Crippen molar-refractivity contribution in [2.24, 2.45) is 0 Å². The zero-order chi connectivity index (χ0) is 36.4. The number of hydrogen-bond donors (Lipinski definition) is 2. The summed E-state index contributed by atoms with van der Waals surface area (Å²) in [4.78, 5) is 0. The highest BCUT2D eigenvalue weighted by atomic mass is 19.4. The van der Waals surface area contributed by atoms with Crippen LogP contribution in [-0.4, -0.2) is 64.9 Å². The molecule has 0 radical (unpaired) electrons. The van der Waals surface area contributed by atoms with Crippen molar-refractivity contribution in [2.45, 2.75) is 89.8 Å². The summed E-state index contributed by atoms with van der Waals surface area (Å²) < 4.78 is 86.0. The minimum Gasteiger partial charge on any atom is -0.484 e. The van der Waals surface area contributed by atoms with Gasteiger partial charge >= 0.3 is 12.5 Å². The number of piperidine rings is 2. The third-order valence-corrected chi connectivity index (χ3v) is 9.09. The maximum atomic E-state index is 12.2. The average Bonchev–Trinajstić information content (AvgIpc) is 3.72. The molecule has 2 aliphatic rings. The lowest BCUT2D eigenvalue weighted by Crippen LogP contribution is -2.27. The van der Waals surface area contributed by atoms with Gasteiger partial charge in [0.05, 0.1) is 11.4 Å². The highest BCUT2D eigenvalue weighted by molar-refractivity contribution is 5.32. The molecule has 4 aromatic rings. The normalized spacial score (nSPS) is 16.1.